The molecule has 0 saturated heterocycles. The molecule has 0 fully saturated rings. The summed E-state index contributed by atoms with van der Waals surface area (Å²) in [6, 6.07) is 17.1. The van der Waals surface area contributed by atoms with Crippen molar-refractivity contribution < 1.29 is 14.0 Å². The molecule has 5 rings (SSSR count). The molecule has 0 aliphatic heterocycles. The molecule has 0 aliphatic carbocycles. The van der Waals surface area contributed by atoms with Crippen molar-refractivity contribution in [3.8, 4) is 17.1 Å². The summed E-state index contributed by atoms with van der Waals surface area (Å²) >= 11 is 0. The molecule has 0 saturated carbocycles. The van der Waals surface area contributed by atoms with Crippen LogP contribution in [0.25, 0.3) is 28.0 Å². The van der Waals surface area contributed by atoms with E-state index < -0.39 is 11.6 Å². The Hall–Kier alpha value is -5.09. The Morgan fingerprint density at radius 1 is 1.00 bits per heavy atom. The SMILES string of the molecule is CNC(=O)c1ccc(C)c(-c2ncc(NC(=O)[C@H](C)NC)c(=O)n2Cc2cccc(-n3cc(C)c4cc(F)ccc43)c2)c1. The zero-order chi connectivity index (χ0) is 30.8. The van der Waals surface area contributed by atoms with E-state index in [-0.39, 0.29) is 29.9 Å². The number of hydrogen-bond acceptors (Lipinski definition) is 5. The molecule has 10 heteroatoms. The molecule has 2 heterocycles. The van der Waals surface area contributed by atoms with Gasteiger partial charge in [0.1, 0.15) is 17.3 Å². The molecule has 5 aromatic rings. The van der Waals surface area contributed by atoms with Crippen molar-refractivity contribution in [3.63, 3.8) is 0 Å². The highest BCUT2D eigenvalue weighted by atomic mass is 19.1. The molecule has 2 aromatic heterocycles. The Labute approximate surface area is 248 Å². The average Bonchev–Trinajstić information content (AvgIpc) is 3.34. The molecule has 0 spiro atoms. The molecule has 0 aliphatic rings. The summed E-state index contributed by atoms with van der Waals surface area (Å²) in [5.74, 6) is -0.571. The van der Waals surface area contributed by atoms with Gasteiger partial charge in [-0.25, -0.2) is 9.37 Å². The standard InChI is InChI=1S/C33H33FN6O3/c1-19-9-10-23(32(42)36-5)14-27(19)30-37-16-28(38-31(41)21(3)35-4)33(43)40(30)18-22-7-6-8-25(13-22)39-17-20(2)26-15-24(34)11-12-29(26)39/h6-17,21,35H,18H2,1-5H3,(H,36,42)(H,38,41)/t21-/m0/s1. The average molecular weight is 581 g/mol. The number of hydrogen-bond donors (Lipinski definition) is 3. The predicted octanol–water partition coefficient (Wildman–Crippen LogP) is 4.56. The largest absolute Gasteiger partial charge is 0.355 e. The fraction of sp³-hybridized carbons (Fsp3) is 0.212. The number of anilines is 1. The summed E-state index contributed by atoms with van der Waals surface area (Å²) in [4.78, 5) is 43.6. The van der Waals surface area contributed by atoms with E-state index in [2.05, 4.69) is 20.9 Å². The minimum Gasteiger partial charge on any atom is -0.355 e. The number of nitrogens with zero attached hydrogens (tertiary/aromatic N) is 3. The summed E-state index contributed by atoms with van der Waals surface area (Å²) in [5, 5.41) is 9.00. The van der Waals surface area contributed by atoms with Crippen LogP contribution in [0, 0.1) is 19.7 Å². The number of rotatable bonds is 8. The zero-order valence-electron chi connectivity index (χ0n) is 24.7. The maximum absolute atomic E-state index is 13.9. The van der Waals surface area contributed by atoms with Crippen LogP contribution in [-0.2, 0) is 11.3 Å². The van der Waals surface area contributed by atoms with E-state index in [1.165, 1.54) is 22.9 Å². The quantitative estimate of drug-likeness (QED) is 0.249. The Morgan fingerprint density at radius 3 is 2.53 bits per heavy atom. The minimum absolute atomic E-state index is 0.0427. The van der Waals surface area contributed by atoms with Gasteiger partial charge in [0.2, 0.25) is 5.91 Å². The van der Waals surface area contributed by atoms with Crippen molar-refractivity contribution in [2.45, 2.75) is 33.4 Å². The van der Waals surface area contributed by atoms with E-state index in [4.69, 9.17) is 0 Å². The second kappa shape index (κ2) is 12.0. The first-order valence-corrected chi connectivity index (χ1v) is 13.9. The highest BCUT2D eigenvalue weighted by Gasteiger charge is 2.19. The van der Waals surface area contributed by atoms with Crippen molar-refractivity contribution in [1.82, 2.24) is 24.8 Å². The van der Waals surface area contributed by atoms with Gasteiger partial charge < -0.3 is 20.5 Å². The lowest BCUT2D eigenvalue weighted by molar-refractivity contribution is -0.117. The molecule has 9 nitrogen and oxygen atoms in total. The number of aryl methyl sites for hydroxylation is 2. The van der Waals surface area contributed by atoms with E-state index in [1.54, 1.807) is 39.2 Å². The molecule has 220 valence electrons. The van der Waals surface area contributed by atoms with E-state index in [0.29, 0.717) is 17.0 Å². The summed E-state index contributed by atoms with van der Waals surface area (Å²) in [7, 11) is 3.21. The molecule has 43 heavy (non-hydrogen) atoms. The minimum atomic E-state index is -0.524. The van der Waals surface area contributed by atoms with E-state index in [1.807, 2.05) is 54.9 Å². The third kappa shape index (κ3) is 5.82. The van der Waals surface area contributed by atoms with E-state index in [0.717, 1.165) is 33.3 Å². The molecular weight excluding hydrogens is 547 g/mol. The topological polar surface area (TPSA) is 110 Å². The summed E-state index contributed by atoms with van der Waals surface area (Å²) in [6.07, 6.45) is 3.31. The second-order valence-electron chi connectivity index (χ2n) is 10.5. The maximum Gasteiger partial charge on any atom is 0.277 e. The molecule has 3 aromatic carbocycles. The molecule has 3 N–H and O–H groups in total. The smallest absolute Gasteiger partial charge is 0.277 e. The van der Waals surface area contributed by atoms with Gasteiger partial charge in [-0.3, -0.25) is 19.0 Å². The van der Waals surface area contributed by atoms with Gasteiger partial charge in [-0.05, 0) is 87.0 Å². The Morgan fingerprint density at radius 2 is 1.79 bits per heavy atom. The monoisotopic (exact) mass is 580 g/mol. The lowest BCUT2D eigenvalue weighted by Gasteiger charge is -2.18. The van der Waals surface area contributed by atoms with Gasteiger partial charge in [-0.1, -0.05) is 18.2 Å². The Kier molecular flexibility index (Phi) is 8.22. The first kappa shape index (κ1) is 29.4. The fourth-order valence-electron chi connectivity index (χ4n) is 5.03. The van der Waals surface area contributed by atoms with Gasteiger partial charge in [-0.2, -0.15) is 0 Å². The molecule has 0 bridgehead atoms. The van der Waals surface area contributed by atoms with Crippen molar-refractivity contribution in [1.29, 1.82) is 0 Å². The third-order valence-electron chi connectivity index (χ3n) is 7.59. The number of amides is 2. The summed E-state index contributed by atoms with van der Waals surface area (Å²) in [6.45, 7) is 5.64. The highest BCUT2D eigenvalue weighted by Crippen LogP contribution is 2.27. The lowest BCUT2D eigenvalue weighted by Crippen LogP contribution is -2.38. The molecule has 0 unspecified atom stereocenters. The number of halogens is 1. The molecule has 1 atom stereocenters. The Balaban J connectivity index is 1.63. The van der Waals surface area contributed by atoms with Gasteiger partial charge in [0.15, 0.2) is 0 Å². The van der Waals surface area contributed by atoms with Crippen molar-refractivity contribution in [2.75, 3.05) is 19.4 Å². The van der Waals surface area contributed by atoms with Crippen LogP contribution in [0.5, 0.6) is 0 Å². The van der Waals surface area contributed by atoms with Crippen LogP contribution in [0.2, 0.25) is 0 Å². The molecule has 0 radical (unpaired) electrons. The van der Waals surface area contributed by atoms with Gasteiger partial charge >= 0.3 is 0 Å². The normalized spacial score (nSPS) is 11.9. The number of likely N-dealkylation sites (N-methyl/N-ethyl adjacent to an activating group) is 1. The van der Waals surface area contributed by atoms with Crippen LogP contribution in [0.15, 0.2) is 77.9 Å². The highest BCUT2D eigenvalue weighted by molar-refractivity contribution is 5.96. The van der Waals surface area contributed by atoms with Gasteiger partial charge in [0, 0.05) is 35.4 Å². The number of nitrogens with one attached hydrogen (secondary N) is 3. The first-order valence-electron chi connectivity index (χ1n) is 13.9. The zero-order valence-corrected chi connectivity index (χ0v) is 24.7. The van der Waals surface area contributed by atoms with Crippen LogP contribution in [0.4, 0.5) is 10.1 Å². The second-order valence-corrected chi connectivity index (χ2v) is 10.5. The maximum atomic E-state index is 13.9. The van der Waals surface area contributed by atoms with Crippen LogP contribution in [0.1, 0.15) is 34.0 Å². The van der Waals surface area contributed by atoms with E-state index >= 15 is 0 Å². The van der Waals surface area contributed by atoms with Crippen molar-refractivity contribution >= 4 is 28.4 Å². The Bertz CT molecular complexity index is 1930. The number of fused-ring (bicyclic) bond motifs is 1. The molecular formula is C33H33FN6O3. The summed E-state index contributed by atoms with van der Waals surface area (Å²) < 4.78 is 17.4. The summed E-state index contributed by atoms with van der Waals surface area (Å²) in [5.41, 5.74) is 4.92. The van der Waals surface area contributed by atoms with Crippen molar-refractivity contribution in [2.24, 2.45) is 0 Å². The van der Waals surface area contributed by atoms with Crippen LogP contribution in [0.3, 0.4) is 0 Å². The fourth-order valence-corrected chi connectivity index (χ4v) is 5.03. The van der Waals surface area contributed by atoms with Gasteiger partial charge in [-0.15, -0.1) is 0 Å². The first-order chi connectivity index (χ1) is 20.6. The lowest BCUT2D eigenvalue weighted by atomic mass is 10.0. The number of carbonyl (C=O) groups excluding carboxylic acids is 2. The van der Waals surface area contributed by atoms with Crippen molar-refractivity contribution in [3.05, 3.63) is 111 Å². The van der Waals surface area contributed by atoms with Crippen LogP contribution in [-0.4, -0.2) is 46.1 Å². The van der Waals surface area contributed by atoms with Gasteiger partial charge in [0.05, 0.1) is 24.3 Å². The van der Waals surface area contributed by atoms with Crippen LogP contribution >= 0.6 is 0 Å². The number of benzene rings is 3. The van der Waals surface area contributed by atoms with Gasteiger partial charge in [0.25, 0.3) is 11.5 Å². The van der Waals surface area contributed by atoms with Crippen LogP contribution < -0.4 is 21.5 Å². The molecule has 2 amide bonds. The predicted molar refractivity (Wildman–Crippen MR) is 166 cm³/mol. The number of aromatic nitrogens is 3. The number of carbonyl (C=O) groups is 2. The van der Waals surface area contributed by atoms with E-state index in [9.17, 15) is 18.8 Å². The third-order valence-corrected chi connectivity index (χ3v) is 7.59.